The molecule has 7 nitrogen and oxygen atoms in total. The SMILES string of the molecule is NC(=O)c1cc(NCCCS(N)(=O)=O)ccc1N. The second-order valence-corrected chi connectivity index (χ2v) is 5.55. The molecule has 0 aliphatic heterocycles. The van der Waals surface area contributed by atoms with Crippen molar-refractivity contribution in [2.45, 2.75) is 6.42 Å². The Balaban J connectivity index is 2.58. The molecule has 8 heteroatoms. The van der Waals surface area contributed by atoms with Gasteiger partial charge in [0.05, 0.1) is 11.3 Å². The van der Waals surface area contributed by atoms with Crippen molar-refractivity contribution in [3.8, 4) is 0 Å². The molecule has 0 aliphatic carbocycles. The molecule has 0 radical (unpaired) electrons. The maximum atomic E-state index is 11.1. The van der Waals surface area contributed by atoms with E-state index in [0.717, 1.165) is 0 Å². The molecule has 1 amide bonds. The van der Waals surface area contributed by atoms with E-state index in [1.165, 1.54) is 6.07 Å². The first-order chi connectivity index (χ1) is 8.29. The van der Waals surface area contributed by atoms with Crippen LogP contribution in [-0.4, -0.2) is 26.6 Å². The summed E-state index contributed by atoms with van der Waals surface area (Å²) in [6.45, 7) is 0.415. The van der Waals surface area contributed by atoms with Crippen molar-refractivity contribution in [3.05, 3.63) is 23.8 Å². The van der Waals surface area contributed by atoms with E-state index in [-0.39, 0.29) is 11.3 Å². The fourth-order valence-corrected chi connectivity index (χ4v) is 1.93. The zero-order valence-corrected chi connectivity index (χ0v) is 10.5. The minimum Gasteiger partial charge on any atom is -0.398 e. The van der Waals surface area contributed by atoms with Crippen LogP contribution in [0.25, 0.3) is 0 Å². The van der Waals surface area contributed by atoms with Gasteiger partial charge in [0.1, 0.15) is 0 Å². The number of nitrogens with two attached hydrogens (primary N) is 3. The van der Waals surface area contributed by atoms with Gasteiger partial charge < -0.3 is 16.8 Å². The van der Waals surface area contributed by atoms with Gasteiger partial charge in [-0.1, -0.05) is 0 Å². The minimum absolute atomic E-state index is 0.0996. The van der Waals surface area contributed by atoms with E-state index in [4.69, 9.17) is 16.6 Å². The molecule has 1 aromatic rings. The summed E-state index contributed by atoms with van der Waals surface area (Å²) in [5.74, 6) is -0.710. The van der Waals surface area contributed by atoms with Crippen molar-refractivity contribution in [2.75, 3.05) is 23.3 Å². The van der Waals surface area contributed by atoms with Crippen LogP contribution >= 0.6 is 0 Å². The molecule has 0 saturated heterocycles. The molecule has 0 aliphatic rings. The minimum atomic E-state index is -3.44. The summed E-state index contributed by atoms with van der Waals surface area (Å²) < 4.78 is 21.4. The first kappa shape index (κ1) is 14.3. The molecule has 0 heterocycles. The Morgan fingerprint density at radius 3 is 2.56 bits per heavy atom. The number of benzene rings is 1. The largest absolute Gasteiger partial charge is 0.398 e. The third-order valence-corrected chi connectivity index (χ3v) is 3.11. The summed E-state index contributed by atoms with van der Waals surface area (Å²) >= 11 is 0. The fraction of sp³-hybridized carbons (Fsp3) is 0.300. The number of hydrogen-bond donors (Lipinski definition) is 4. The summed E-state index contributed by atoms with van der Waals surface area (Å²) in [6.07, 6.45) is 0.370. The first-order valence-electron chi connectivity index (χ1n) is 5.23. The van der Waals surface area contributed by atoms with E-state index >= 15 is 0 Å². The average molecular weight is 272 g/mol. The van der Waals surface area contributed by atoms with Crippen LogP contribution in [-0.2, 0) is 10.0 Å². The summed E-state index contributed by atoms with van der Waals surface area (Å²) in [6, 6.07) is 4.76. The molecular weight excluding hydrogens is 256 g/mol. The molecule has 0 bridgehead atoms. The number of nitrogens with one attached hydrogen (secondary N) is 1. The molecule has 7 N–H and O–H groups in total. The van der Waals surface area contributed by atoms with E-state index in [0.29, 0.717) is 24.3 Å². The van der Waals surface area contributed by atoms with Gasteiger partial charge in [0.2, 0.25) is 10.0 Å². The van der Waals surface area contributed by atoms with E-state index in [2.05, 4.69) is 5.32 Å². The fourth-order valence-electron chi connectivity index (χ4n) is 1.39. The number of sulfonamides is 1. The molecule has 0 unspecified atom stereocenters. The molecule has 0 spiro atoms. The molecule has 18 heavy (non-hydrogen) atoms. The maximum absolute atomic E-state index is 11.1. The second-order valence-electron chi connectivity index (χ2n) is 3.81. The van der Waals surface area contributed by atoms with Crippen LogP contribution in [0.3, 0.4) is 0 Å². The highest BCUT2D eigenvalue weighted by Gasteiger charge is 2.07. The van der Waals surface area contributed by atoms with Crippen molar-refractivity contribution in [1.29, 1.82) is 0 Å². The molecule has 1 aromatic carbocycles. The zero-order chi connectivity index (χ0) is 13.8. The highest BCUT2D eigenvalue weighted by molar-refractivity contribution is 7.89. The number of nitrogen functional groups attached to an aromatic ring is 1. The predicted octanol–water partition coefficient (Wildman–Crippen LogP) is -0.542. The average Bonchev–Trinajstić information content (AvgIpc) is 2.24. The first-order valence-corrected chi connectivity index (χ1v) is 6.95. The van der Waals surface area contributed by atoms with Crippen molar-refractivity contribution in [3.63, 3.8) is 0 Å². The standard InChI is InChI=1S/C10H16N4O3S/c11-9-3-2-7(6-8(9)10(12)15)14-4-1-5-18(13,16)17/h2-3,6,14H,1,4-5,11H2,(H2,12,15)(H2,13,16,17). The highest BCUT2D eigenvalue weighted by atomic mass is 32.2. The number of primary amides is 1. The molecule has 0 aromatic heterocycles. The third-order valence-electron chi connectivity index (χ3n) is 2.25. The Kier molecular flexibility index (Phi) is 4.51. The number of hydrogen-bond acceptors (Lipinski definition) is 5. The Morgan fingerprint density at radius 2 is 2.00 bits per heavy atom. The van der Waals surface area contributed by atoms with E-state index in [1.54, 1.807) is 12.1 Å². The molecule has 1 rings (SSSR count). The Hall–Kier alpha value is -1.80. The number of carbonyl (C=O) groups excluding carboxylic acids is 1. The van der Waals surface area contributed by atoms with Crippen LogP contribution in [0.15, 0.2) is 18.2 Å². The Labute approximate surface area is 105 Å². The molecule has 0 saturated carbocycles. The van der Waals surface area contributed by atoms with Crippen LogP contribution in [0.1, 0.15) is 16.8 Å². The molecular formula is C10H16N4O3S. The van der Waals surface area contributed by atoms with Gasteiger partial charge in [0, 0.05) is 17.9 Å². The van der Waals surface area contributed by atoms with Gasteiger partial charge >= 0.3 is 0 Å². The van der Waals surface area contributed by atoms with Gasteiger partial charge in [-0.05, 0) is 24.6 Å². The third kappa shape index (κ3) is 4.60. The van der Waals surface area contributed by atoms with E-state index < -0.39 is 15.9 Å². The molecule has 0 atom stereocenters. The second kappa shape index (κ2) is 5.69. The van der Waals surface area contributed by atoms with Crippen molar-refractivity contribution in [2.24, 2.45) is 10.9 Å². The summed E-state index contributed by atoms with van der Waals surface area (Å²) in [7, 11) is -3.44. The smallest absolute Gasteiger partial charge is 0.250 e. The lowest BCUT2D eigenvalue weighted by Crippen LogP contribution is -2.19. The Morgan fingerprint density at radius 1 is 1.33 bits per heavy atom. The van der Waals surface area contributed by atoms with Gasteiger partial charge in [0.25, 0.3) is 5.91 Å². The lowest BCUT2D eigenvalue weighted by molar-refractivity contribution is 0.100. The van der Waals surface area contributed by atoms with Gasteiger partial charge in [-0.2, -0.15) is 0 Å². The van der Waals surface area contributed by atoms with Crippen molar-refractivity contribution < 1.29 is 13.2 Å². The number of anilines is 2. The summed E-state index contributed by atoms with van der Waals surface area (Å²) in [5.41, 5.74) is 11.9. The quantitative estimate of drug-likeness (QED) is 0.406. The van der Waals surface area contributed by atoms with Crippen LogP contribution < -0.4 is 21.9 Å². The zero-order valence-electron chi connectivity index (χ0n) is 9.72. The van der Waals surface area contributed by atoms with Crippen molar-refractivity contribution in [1.82, 2.24) is 0 Å². The number of amides is 1. The van der Waals surface area contributed by atoms with Crippen LogP contribution in [0.5, 0.6) is 0 Å². The lowest BCUT2D eigenvalue weighted by atomic mass is 10.1. The summed E-state index contributed by atoms with van der Waals surface area (Å²) in [5, 5.41) is 7.82. The predicted molar refractivity (Wildman–Crippen MR) is 70.5 cm³/mol. The Bertz CT molecular complexity index is 542. The van der Waals surface area contributed by atoms with Gasteiger partial charge in [-0.25, -0.2) is 13.6 Å². The van der Waals surface area contributed by atoms with Gasteiger partial charge in [-0.15, -0.1) is 0 Å². The molecule has 100 valence electrons. The van der Waals surface area contributed by atoms with E-state index in [9.17, 15) is 13.2 Å². The monoisotopic (exact) mass is 272 g/mol. The highest BCUT2D eigenvalue weighted by Crippen LogP contribution is 2.17. The van der Waals surface area contributed by atoms with Crippen molar-refractivity contribution >= 4 is 27.3 Å². The maximum Gasteiger partial charge on any atom is 0.250 e. The number of primary sulfonamides is 1. The van der Waals surface area contributed by atoms with Gasteiger partial charge in [-0.3, -0.25) is 4.79 Å². The van der Waals surface area contributed by atoms with Crippen LogP contribution in [0.4, 0.5) is 11.4 Å². The van der Waals surface area contributed by atoms with E-state index in [1.807, 2.05) is 0 Å². The van der Waals surface area contributed by atoms with Crippen LogP contribution in [0.2, 0.25) is 0 Å². The topological polar surface area (TPSA) is 141 Å². The van der Waals surface area contributed by atoms with Crippen LogP contribution in [0, 0.1) is 0 Å². The molecule has 0 fully saturated rings. The normalized spacial score (nSPS) is 11.2. The van der Waals surface area contributed by atoms with Gasteiger partial charge in [0.15, 0.2) is 0 Å². The lowest BCUT2D eigenvalue weighted by Gasteiger charge is -2.08. The number of carbonyl (C=O) groups is 1. The number of rotatable bonds is 6. The summed E-state index contributed by atoms with van der Waals surface area (Å²) in [4.78, 5) is 11.1.